The molecule has 0 saturated heterocycles. The number of pyridine rings is 1. The summed E-state index contributed by atoms with van der Waals surface area (Å²) in [5, 5.41) is 2.76. The highest BCUT2D eigenvalue weighted by Gasteiger charge is 2.14. The molecule has 0 bridgehead atoms. The lowest BCUT2D eigenvalue weighted by Crippen LogP contribution is -2.28. The van der Waals surface area contributed by atoms with Crippen molar-refractivity contribution in [3.63, 3.8) is 0 Å². The topological polar surface area (TPSA) is 71.2 Å². The van der Waals surface area contributed by atoms with Gasteiger partial charge in [0.05, 0.1) is 17.1 Å². The van der Waals surface area contributed by atoms with E-state index in [-0.39, 0.29) is 18.0 Å². The molecule has 22 heavy (non-hydrogen) atoms. The van der Waals surface area contributed by atoms with E-state index in [1.165, 1.54) is 7.11 Å². The summed E-state index contributed by atoms with van der Waals surface area (Å²) in [7, 11) is 1.54. The molecule has 5 nitrogen and oxygen atoms in total. The number of carbonyl (C=O) groups excluding carboxylic acids is 1. The third-order valence-corrected chi connectivity index (χ3v) is 4.17. The molecule has 0 atom stereocenters. The van der Waals surface area contributed by atoms with E-state index in [1.54, 1.807) is 18.2 Å². The van der Waals surface area contributed by atoms with Gasteiger partial charge in [-0.25, -0.2) is 0 Å². The number of hydrogen-bond donors (Lipinski definition) is 2. The molecule has 116 valence electrons. The Bertz CT molecular complexity index is 768. The summed E-state index contributed by atoms with van der Waals surface area (Å²) >= 11 is 3.35. The van der Waals surface area contributed by atoms with Crippen molar-refractivity contribution in [1.82, 2.24) is 10.3 Å². The number of rotatable bonds is 4. The first-order valence-corrected chi connectivity index (χ1v) is 7.53. The Hall–Kier alpha value is -2.08. The molecule has 0 aliphatic heterocycles. The predicted octanol–water partition coefficient (Wildman–Crippen LogP) is 2.69. The van der Waals surface area contributed by atoms with Crippen molar-refractivity contribution in [2.75, 3.05) is 7.11 Å². The zero-order valence-electron chi connectivity index (χ0n) is 12.6. The minimum absolute atomic E-state index is 0.171. The zero-order valence-corrected chi connectivity index (χ0v) is 14.2. The Morgan fingerprint density at radius 1 is 1.36 bits per heavy atom. The molecule has 2 N–H and O–H groups in total. The summed E-state index contributed by atoms with van der Waals surface area (Å²) in [5.74, 6) is 0.308. The molecular weight excluding hydrogens is 348 g/mol. The molecule has 0 radical (unpaired) electrons. The van der Waals surface area contributed by atoms with Crippen LogP contribution in [0.4, 0.5) is 0 Å². The van der Waals surface area contributed by atoms with Gasteiger partial charge in [0, 0.05) is 17.8 Å². The molecule has 2 rings (SSSR count). The number of methoxy groups -OCH3 is 1. The van der Waals surface area contributed by atoms with Crippen molar-refractivity contribution in [3.8, 4) is 5.75 Å². The second kappa shape index (κ2) is 6.79. The molecule has 0 saturated carbocycles. The van der Waals surface area contributed by atoms with Crippen LogP contribution in [0.1, 0.15) is 27.2 Å². The van der Waals surface area contributed by atoms with Gasteiger partial charge in [0.2, 0.25) is 0 Å². The quantitative estimate of drug-likeness (QED) is 0.875. The minimum atomic E-state index is -0.273. The molecular formula is C16H17BrN2O3. The monoisotopic (exact) mass is 364 g/mol. The average molecular weight is 365 g/mol. The molecule has 1 heterocycles. The summed E-state index contributed by atoms with van der Waals surface area (Å²) in [4.78, 5) is 27.0. The van der Waals surface area contributed by atoms with E-state index < -0.39 is 0 Å². The maximum atomic E-state index is 12.3. The standard InChI is InChI=1S/C16H17BrN2O3/c1-9-7-10(2)19-16(21)12(9)8-18-15(20)11-5-4-6-13(22-3)14(11)17/h4-7H,8H2,1-3H3,(H,18,20)(H,19,21). The zero-order chi connectivity index (χ0) is 16.3. The molecule has 0 spiro atoms. The van der Waals surface area contributed by atoms with Gasteiger partial charge in [0.1, 0.15) is 5.75 Å². The van der Waals surface area contributed by atoms with Crippen molar-refractivity contribution in [3.05, 3.63) is 61.5 Å². The first-order chi connectivity index (χ1) is 10.4. The second-order valence-corrected chi connectivity index (χ2v) is 5.74. The van der Waals surface area contributed by atoms with Crippen molar-refractivity contribution in [2.45, 2.75) is 20.4 Å². The molecule has 1 aromatic carbocycles. The van der Waals surface area contributed by atoms with Gasteiger partial charge in [-0.1, -0.05) is 6.07 Å². The van der Waals surface area contributed by atoms with Gasteiger partial charge < -0.3 is 15.0 Å². The number of hydrogen-bond acceptors (Lipinski definition) is 3. The molecule has 1 amide bonds. The summed E-state index contributed by atoms with van der Waals surface area (Å²) in [5.41, 5.74) is 2.49. The Morgan fingerprint density at radius 3 is 2.73 bits per heavy atom. The van der Waals surface area contributed by atoms with Gasteiger partial charge in [-0.15, -0.1) is 0 Å². The lowest BCUT2D eigenvalue weighted by Gasteiger charge is -2.11. The third-order valence-electron chi connectivity index (χ3n) is 3.35. The maximum Gasteiger partial charge on any atom is 0.253 e. The number of benzene rings is 1. The average Bonchev–Trinajstić information content (AvgIpc) is 2.46. The van der Waals surface area contributed by atoms with E-state index in [9.17, 15) is 9.59 Å². The van der Waals surface area contributed by atoms with Crippen LogP contribution in [-0.4, -0.2) is 18.0 Å². The van der Waals surface area contributed by atoms with Crippen molar-refractivity contribution >= 4 is 21.8 Å². The number of ether oxygens (including phenoxy) is 1. The molecule has 2 aromatic rings. The lowest BCUT2D eigenvalue weighted by molar-refractivity contribution is 0.0949. The Kier molecular flexibility index (Phi) is 5.03. The van der Waals surface area contributed by atoms with Gasteiger partial charge in [-0.05, 0) is 53.5 Å². The smallest absolute Gasteiger partial charge is 0.253 e. The first-order valence-electron chi connectivity index (χ1n) is 6.74. The van der Waals surface area contributed by atoms with Crippen LogP contribution in [0.5, 0.6) is 5.75 Å². The fourth-order valence-corrected chi connectivity index (χ4v) is 2.82. The molecule has 0 unspecified atom stereocenters. The van der Waals surface area contributed by atoms with E-state index in [2.05, 4.69) is 26.2 Å². The third kappa shape index (κ3) is 3.39. The minimum Gasteiger partial charge on any atom is -0.496 e. The Morgan fingerprint density at radius 2 is 2.09 bits per heavy atom. The summed E-state index contributed by atoms with van der Waals surface area (Å²) < 4.78 is 5.76. The van der Waals surface area contributed by atoms with Gasteiger partial charge in [-0.2, -0.15) is 0 Å². The van der Waals surface area contributed by atoms with Gasteiger partial charge in [0.25, 0.3) is 11.5 Å². The molecule has 0 aliphatic carbocycles. The normalized spacial score (nSPS) is 10.4. The number of amides is 1. The Balaban J connectivity index is 2.19. The number of carbonyl (C=O) groups is 1. The van der Waals surface area contributed by atoms with Crippen molar-refractivity contribution < 1.29 is 9.53 Å². The molecule has 6 heteroatoms. The van der Waals surface area contributed by atoms with Crippen LogP contribution in [0.3, 0.4) is 0 Å². The molecule has 1 aromatic heterocycles. The molecule has 0 fully saturated rings. The van der Waals surface area contributed by atoms with Gasteiger partial charge in [0.15, 0.2) is 0 Å². The van der Waals surface area contributed by atoms with E-state index in [4.69, 9.17) is 4.74 Å². The van der Waals surface area contributed by atoms with E-state index in [1.807, 2.05) is 19.9 Å². The summed E-state index contributed by atoms with van der Waals surface area (Å²) in [6.45, 7) is 3.85. The largest absolute Gasteiger partial charge is 0.496 e. The van der Waals surface area contributed by atoms with Crippen LogP contribution in [0, 0.1) is 13.8 Å². The SMILES string of the molecule is COc1cccc(C(=O)NCc2c(C)cc(C)[nH]c2=O)c1Br. The second-order valence-electron chi connectivity index (χ2n) is 4.95. The van der Waals surface area contributed by atoms with Crippen LogP contribution >= 0.6 is 15.9 Å². The fraction of sp³-hybridized carbons (Fsp3) is 0.250. The van der Waals surface area contributed by atoms with E-state index >= 15 is 0 Å². The van der Waals surface area contributed by atoms with Gasteiger partial charge >= 0.3 is 0 Å². The lowest BCUT2D eigenvalue weighted by atomic mass is 10.1. The molecule has 0 aliphatic rings. The highest BCUT2D eigenvalue weighted by Crippen LogP contribution is 2.28. The van der Waals surface area contributed by atoms with Crippen molar-refractivity contribution in [1.29, 1.82) is 0 Å². The van der Waals surface area contributed by atoms with Crippen LogP contribution in [0.15, 0.2) is 33.5 Å². The van der Waals surface area contributed by atoms with Crippen LogP contribution < -0.4 is 15.6 Å². The van der Waals surface area contributed by atoms with Crippen LogP contribution in [0.2, 0.25) is 0 Å². The number of halogens is 1. The van der Waals surface area contributed by atoms with Crippen LogP contribution in [-0.2, 0) is 6.54 Å². The highest BCUT2D eigenvalue weighted by molar-refractivity contribution is 9.10. The highest BCUT2D eigenvalue weighted by atomic mass is 79.9. The number of H-pyrrole nitrogens is 1. The summed E-state index contributed by atoms with van der Waals surface area (Å²) in [6.07, 6.45) is 0. The summed E-state index contributed by atoms with van der Waals surface area (Å²) in [6, 6.07) is 7.07. The predicted molar refractivity (Wildman–Crippen MR) is 88.4 cm³/mol. The fourth-order valence-electron chi connectivity index (χ4n) is 2.21. The first kappa shape index (κ1) is 16.3. The number of aryl methyl sites for hydroxylation is 2. The maximum absolute atomic E-state index is 12.3. The van der Waals surface area contributed by atoms with Crippen LogP contribution in [0.25, 0.3) is 0 Å². The number of aromatic nitrogens is 1. The number of aromatic amines is 1. The van der Waals surface area contributed by atoms with Crippen molar-refractivity contribution in [2.24, 2.45) is 0 Å². The van der Waals surface area contributed by atoms with E-state index in [0.717, 1.165) is 11.3 Å². The Labute approximate surface area is 136 Å². The van der Waals surface area contributed by atoms with Gasteiger partial charge in [-0.3, -0.25) is 9.59 Å². The number of nitrogens with one attached hydrogen (secondary N) is 2. The van der Waals surface area contributed by atoms with E-state index in [0.29, 0.717) is 21.3 Å².